The van der Waals surface area contributed by atoms with Crippen molar-refractivity contribution >= 4 is 33.5 Å². The fourth-order valence-electron chi connectivity index (χ4n) is 2.21. The number of piperazine rings is 1. The Balaban J connectivity index is 2.19. The molecule has 2 unspecified atom stereocenters. The van der Waals surface area contributed by atoms with E-state index in [1.54, 1.807) is 43.0 Å². The van der Waals surface area contributed by atoms with Crippen molar-refractivity contribution in [3.8, 4) is 0 Å². The lowest BCUT2D eigenvalue weighted by Gasteiger charge is -2.35. The Labute approximate surface area is 125 Å². The molecule has 106 valence electrons. The van der Waals surface area contributed by atoms with E-state index in [9.17, 15) is 14.4 Å². The van der Waals surface area contributed by atoms with Gasteiger partial charge in [0.15, 0.2) is 5.78 Å². The first-order valence-electron chi connectivity index (χ1n) is 6.29. The summed E-state index contributed by atoms with van der Waals surface area (Å²) in [5.74, 6) is -0.841. The predicted molar refractivity (Wildman–Crippen MR) is 77.3 cm³/mol. The van der Waals surface area contributed by atoms with Crippen molar-refractivity contribution in [2.75, 3.05) is 6.54 Å². The van der Waals surface area contributed by atoms with Crippen molar-refractivity contribution < 1.29 is 14.4 Å². The van der Waals surface area contributed by atoms with Crippen LogP contribution in [-0.2, 0) is 9.59 Å². The first-order chi connectivity index (χ1) is 9.40. The third-order valence-corrected chi connectivity index (χ3v) is 4.00. The summed E-state index contributed by atoms with van der Waals surface area (Å²) in [6.07, 6.45) is 0. The third kappa shape index (κ3) is 2.96. The summed E-state index contributed by atoms with van der Waals surface area (Å²) in [6.45, 7) is 3.45. The molecule has 2 atom stereocenters. The first kappa shape index (κ1) is 14.9. The largest absolute Gasteiger partial charge is 0.294 e. The van der Waals surface area contributed by atoms with Crippen molar-refractivity contribution in [1.82, 2.24) is 10.2 Å². The van der Waals surface area contributed by atoms with Crippen LogP contribution in [0.25, 0.3) is 0 Å². The molecular formula is C14H15BrN2O3. The molecule has 1 heterocycles. The molecule has 0 saturated carbocycles. The summed E-state index contributed by atoms with van der Waals surface area (Å²) >= 11 is 3.31. The van der Waals surface area contributed by atoms with Gasteiger partial charge in [-0.15, -0.1) is 0 Å². The number of hydrogen-bond acceptors (Lipinski definition) is 4. The van der Waals surface area contributed by atoms with Crippen LogP contribution >= 0.6 is 15.9 Å². The molecule has 1 aromatic carbocycles. The average molecular weight is 339 g/mol. The van der Waals surface area contributed by atoms with E-state index in [0.29, 0.717) is 5.56 Å². The van der Waals surface area contributed by atoms with E-state index in [1.165, 1.54) is 0 Å². The van der Waals surface area contributed by atoms with Crippen LogP contribution in [0.1, 0.15) is 24.2 Å². The fourth-order valence-corrected chi connectivity index (χ4v) is 2.48. The molecule has 0 aromatic heterocycles. The normalized spacial score (nSPS) is 21.4. The van der Waals surface area contributed by atoms with Crippen molar-refractivity contribution in [2.45, 2.75) is 25.9 Å². The highest BCUT2D eigenvalue weighted by Crippen LogP contribution is 2.16. The Bertz CT molecular complexity index is 556. The lowest BCUT2D eigenvalue weighted by molar-refractivity contribution is -0.140. The molecule has 2 rings (SSSR count). The zero-order valence-electron chi connectivity index (χ0n) is 11.2. The maximum Gasteiger partial charge on any atom is 0.243 e. The van der Waals surface area contributed by atoms with Gasteiger partial charge in [0.25, 0.3) is 0 Å². The van der Waals surface area contributed by atoms with Crippen LogP contribution in [0.2, 0.25) is 0 Å². The quantitative estimate of drug-likeness (QED) is 0.667. The molecule has 1 aromatic rings. The molecule has 0 aliphatic carbocycles. The molecule has 20 heavy (non-hydrogen) atoms. The average Bonchev–Trinajstić information content (AvgIpc) is 2.42. The van der Waals surface area contributed by atoms with Crippen molar-refractivity contribution in [3.05, 3.63) is 34.3 Å². The van der Waals surface area contributed by atoms with Crippen LogP contribution in [0.4, 0.5) is 0 Å². The van der Waals surface area contributed by atoms with Crippen LogP contribution < -0.4 is 5.32 Å². The highest BCUT2D eigenvalue weighted by molar-refractivity contribution is 9.10. The third-order valence-electron chi connectivity index (χ3n) is 3.47. The minimum atomic E-state index is -0.527. The van der Waals surface area contributed by atoms with E-state index in [-0.39, 0.29) is 24.1 Å². The van der Waals surface area contributed by atoms with Crippen LogP contribution in [0, 0.1) is 0 Å². The van der Waals surface area contributed by atoms with Crippen LogP contribution in [0.5, 0.6) is 0 Å². The Kier molecular flexibility index (Phi) is 4.35. The summed E-state index contributed by atoms with van der Waals surface area (Å²) in [5, 5.41) is 2.26. The number of halogens is 1. The van der Waals surface area contributed by atoms with E-state index in [2.05, 4.69) is 21.2 Å². The van der Waals surface area contributed by atoms with E-state index >= 15 is 0 Å². The number of benzene rings is 1. The molecule has 1 aliphatic heterocycles. The summed E-state index contributed by atoms with van der Waals surface area (Å²) in [7, 11) is 0. The first-order valence-corrected chi connectivity index (χ1v) is 7.08. The van der Waals surface area contributed by atoms with E-state index in [1.807, 2.05) is 0 Å². The Morgan fingerprint density at radius 2 is 1.95 bits per heavy atom. The second-order valence-electron chi connectivity index (χ2n) is 4.81. The Morgan fingerprint density at radius 3 is 2.55 bits per heavy atom. The molecule has 1 fully saturated rings. The van der Waals surface area contributed by atoms with Gasteiger partial charge in [-0.1, -0.05) is 28.1 Å². The van der Waals surface area contributed by atoms with Gasteiger partial charge in [0, 0.05) is 10.0 Å². The zero-order chi connectivity index (χ0) is 14.9. The topological polar surface area (TPSA) is 66.5 Å². The summed E-state index contributed by atoms with van der Waals surface area (Å²) in [6, 6.07) is 6.00. The van der Waals surface area contributed by atoms with Gasteiger partial charge >= 0.3 is 0 Å². The van der Waals surface area contributed by atoms with Crippen LogP contribution in [0.15, 0.2) is 28.7 Å². The number of nitrogens with zero attached hydrogens (tertiary/aromatic N) is 1. The van der Waals surface area contributed by atoms with E-state index in [0.717, 1.165) is 4.47 Å². The lowest BCUT2D eigenvalue weighted by Crippen LogP contribution is -2.60. The monoisotopic (exact) mass is 338 g/mol. The lowest BCUT2D eigenvalue weighted by atomic mass is 10.0. The number of amides is 2. The minimum Gasteiger partial charge on any atom is -0.294 e. The molecule has 1 aliphatic rings. The molecule has 1 N–H and O–H groups in total. The van der Waals surface area contributed by atoms with Gasteiger partial charge < -0.3 is 0 Å². The van der Waals surface area contributed by atoms with Gasteiger partial charge in [-0.05, 0) is 26.0 Å². The van der Waals surface area contributed by atoms with Gasteiger partial charge in [-0.2, -0.15) is 0 Å². The fraction of sp³-hybridized carbons (Fsp3) is 0.357. The standard InChI is InChI=1S/C14H15BrN2O3/c1-8(13(19)10-3-5-11(15)6-4-10)17-7-12(18)16-14(20)9(17)2/h3-6,8-9H,7H2,1-2H3,(H,16,18,20). The molecule has 0 radical (unpaired) electrons. The van der Waals surface area contributed by atoms with E-state index < -0.39 is 12.1 Å². The summed E-state index contributed by atoms with van der Waals surface area (Å²) in [4.78, 5) is 37.1. The number of hydrogen-bond donors (Lipinski definition) is 1. The molecule has 2 amide bonds. The number of carbonyl (C=O) groups is 3. The number of ketones is 1. The molecule has 6 heteroatoms. The van der Waals surface area contributed by atoms with Gasteiger partial charge in [0.1, 0.15) is 0 Å². The molecule has 0 spiro atoms. The summed E-state index contributed by atoms with van der Waals surface area (Å²) in [5.41, 5.74) is 0.561. The van der Waals surface area contributed by atoms with Crippen LogP contribution in [-0.4, -0.2) is 41.1 Å². The van der Waals surface area contributed by atoms with Gasteiger partial charge in [-0.25, -0.2) is 0 Å². The van der Waals surface area contributed by atoms with Gasteiger partial charge in [0.05, 0.1) is 18.6 Å². The molecule has 1 saturated heterocycles. The SMILES string of the molecule is CC1C(=O)NC(=O)CN1C(C)C(=O)c1ccc(Br)cc1. The zero-order valence-corrected chi connectivity index (χ0v) is 12.8. The van der Waals surface area contributed by atoms with Crippen molar-refractivity contribution in [2.24, 2.45) is 0 Å². The molecular weight excluding hydrogens is 324 g/mol. The Morgan fingerprint density at radius 1 is 1.35 bits per heavy atom. The smallest absolute Gasteiger partial charge is 0.243 e. The van der Waals surface area contributed by atoms with E-state index in [4.69, 9.17) is 0 Å². The number of Topliss-reactive ketones (excluding diaryl/α,β-unsaturated/α-hetero) is 1. The van der Waals surface area contributed by atoms with Crippen LogP contribution in [0.3, 0.4) is 0 Å². The molecule has 0 bridgehead atoms. The number of rotatable bonds is 3. The van der Waals surface area contributed by atoms with Crippen molar-refractivity contribution in [1.29, 1.82) is 0 Å². The van der Waals surface area contributed by atoms with Crippen molar-refractivity contribution in [3.63, 3.8) is 0 Å². The second-order valence-corrected chi connectivity index (χ2v) is 5.72. The second kappa shape index (κ2) is 5.85. The van der Waals surface area contributed by atoms with Gasteiger partial charge in [-0.3, -0.25) is 24.6 Å². The number of imide groups is 1. The number of nitrogens with one attached hydrogen (secondary N) is 1. The molecule has 5 nitrogen and oxygen atoms in total. The summed E-state index contributed by atoms with van der Waals surface area (Å²) < 4.78 is 0.891. The highest BCUT2D eigenvalue weighted by atomic mass is 79.9. The Hall–Kier alpha value is -1.53. The highest BCUT2D eigenvalue weighted by Gasteiger charge is 2.35. The minimum absolute atomic E-state index is 0.0519. The predicted octanol–water partition coefficient (Wildman–Crippen LogP) is 1.37. The maximum absolute atomic E-state index is 12.4. The van der Waals surface area contributed by atoms with Gasteiger partial charge in [0.2, 0.25) is 11.8 Å². The maximum atomic E-state index is 12.4. The number of carbonyl (C=O) groups excluding carboxylic acids is 3.